The molecule has 0 amide bonds. The molecule has 0 spiro atoms. The fraction of sp³-hybridized carbons (Fsp3) is 1.00. The van der Waals surface area contributed by atoms with Gasteiger partial charge in [-0.2, -0.15) is 0 Å². The number of rotatable bonds is 55. The van der Waals surface area contributed by atoms with E-state index in [-0.39, 0.29) is 0 Å². The van der Waals surface area contributed by atoms with Gasteiger partial charge in [0.15, 0.2) is 0 Å². The van der Waals surface area contributed by atoms with E-state index < -0.39 is 0 Å². The van der Waals surface area contributed by atoms with Crippen molar-refractivity contribution >= 4 is 0 Å². The highest BCUT2D eigenvalue weighted by molar-refractivity contribution is 4.57. The lowest BCUT2D eigenvalue weighted by atomic mass is 10.0. The van der Waals surface area contributed by atoms with Crippen molar-refractivity contribution in [1.82, 2.24) is 0 Å². The van der Waals surface area contributed by atoms with E-state index in [1.54, 1.807) is 0 Å². The van der Waals surface area contributed by atoms with E-state index in [1.165, 1.54) is 358 Å². The fourth-order valence-corrected chi connectivity index (χ4v) is 10.4. The molecular formula is C59H122N+. The first-order chi connectivity index (χ1) is 29.7. The van der Waals surface area contributed by atoms with Crippen molar-refractivity contribution in [3.63, 3.8) is 0 Å². The van der Waals surface area contributed by atoms with E-state index in [4.69, 9.17) is 0 Å². The highest BCUT2D eigenvalue weighted by Gasteiger charge is 2.25. The van der Waals surface area contributed by atoms with Crippen LogP contribution in [0.3, 0.4) is 0 Å². The molecule has 0 radical (unpaired) electrons. The average Bonchev–Trinajstić information content (AvgIpc) is 3.26. The Morgan fingerprint density at radius 2 is 0.233 bits per heavy atom. The van der Waals surface area contributed by atoms with Crippen LogP contribution in [0.4, 0.5) is 0 Å². The van der Waals surface area contributed by atoms with Gasteiger partial charge in [0.25, 0.3) is 0 Å². The predicted molar refractivity (Wildman–Crippen MR) is 278 cm³/mol. The lowest BCUT2D eigenvalue weighted by molar-refractivity contribution is -0.929. The minimum Gasteiger partial charge on any atom is -0.324 e. The fourth-order valence-electron chi connectivity index (χ4n) is 10.4. The molecule has 0 aromatic rings. The van der Waals surface area contributed by atoms with Gasteiger partial charge in [0.1, 0.15) is 0 Å². The lowest BCUT2D eigenvalue weighted by Crippen LogP contribution is -2.50. The van der Waals surface area contributed by atoms with E-state index in [0.29, 0.717) is 0 Å². The van der Waals surface area contributed by atoms with Crippen LogP contribution in [-0.4, -0.2) is 30.7 Å². The standard InChI is InChI=1S/C59H122N/c1-5-9-13-16-19-22-25-28-31-34-37-40-43-46-49-53-57-60(56-52-12-8-4,58-54-50-47-44-41-38-35-32-29-26-23-20-17-14-10-6-2)59-55-51-48-45-42-39-36-33-30-27-24-21-18-15-11-7-3/h5-59H2,1-4H3/q+1. The van der Waals surface area contributed by atoms with Crippen molar-refractivity contribution < 1.29 is 4.48 Å². The van der Waals surface area contributed by atoms with Gasteiger partial charge >= 0.3 is 0 Å². The molecule has 0 bridgehead atoms. The molecule has 0 aromatic carbocycles. The Bertz CT molecular complexity index is 641. The molecule has 0 aromatic heterocycles. The topological polar surface area (TPSA) is 0 Å². The first-order valence-electron chi connectivity index (χ1n) is 29.6. The molecular weight excluding hydrogens is 723 g/mol. The molecule has 0 heterocycles. The summed E-state index contributed by atoms with van der Waals surface area (Å²) in [6, 6.07) is 0. The summed E-state index contributed by atoms with van der Waals surface area (Å²) in [5, 5.41) is 0. The zero-order valence-electron chi connectivity index (χ0n) is 43.3. The Morgan fingerprint density at radius 3 is 0.383 bits per heavy atom. The third kappa shape index (κ3) is 47.4. The van der Waals surface area contributed by atoms with Crippen molar-refractivity contribution in [2.24, 2.45) is 0 Å². The normalized spacial score (nSPS) is 12.0. The third-order valence-corrected chi connectivity index (χ3v) is 14.7. The first-order valence-corrected chi connectivity index (χ1v) is 29.6. The van der Waals surface area contributed by atoms with Crippen molar-refractivity contribution in [1.29, 1.82) is 0 Å². The van der Waals surface area contributed by atoms with Crippen molar-refractivity contribution in [3.8, 4) is 0 Å². The van der Waals surface area contributed by atoms with Crippen LogP contribution in [0, 0.1) is 0 Å². The summed E-state index contributed by atoms with van der Waals surface area (Å²) in [7, 11) is 0. The highest BCUT2D eigenvalue weighted by Crippen LogP contribution is 2.22. The Kier molecular flexibility index (Phi) is 53.3. The largest absolute Gasteiger partial charge is 0.324 e. The molecule has 0 unspecified atom stereocenters. The van der Waals surface area contributed by atoms with Crippen LogP contribution in [0.5, 0.6) is 0 Å². The summed E-state index contributed by atoms with van der Waals surface area (Å²) in [5.74, 6) is 0. The van der Waals surface area contributed by atoms with Crippen LogP contribution in [0.25, 0.3) is 0 Å². The number of nitrogens with zero attached hydrogens (tertiary/aromatic N) is 1. The maximum atomic E-state index is 2.41. The number of unbranched alkanes of at least 4 members (excludes halogenated alkanes) is 47. The molecule has 0 saturated heterocycles. The summed E-state index contributed by atoms with van der Waals surface area (Å²) >= 11 is 0. The van der Waals surface area contributed by atoms with Gasteiger partial charge in [-0.1, -0.05) is 304 Å². The molecule has 0 atom stereocenters. The quantitative estimate of drug-likeness (QED) is 0.0423. The molecule has 0 aliphatic heterocycles. The van der Waals surface area contributed by atoms with Gasteiger partial charge < -0.3 is 4.48 Å². The highest BCUT2D eigenvalue weighted by atomic mass is 15.3. The van der Waals surface area contributed by atoms with Gasteiger partial charge in [-0.05, 0) is 51.4 Å². The van der Waals surface area contributed by atoms with Gasteiger partial charge in [0.2, 0.25) is 0 Å². The van der Waals surface area contributed by atoms with Crippen molar-refractivity contribution in [2.75, 3.05) is 26.2 Å². The minimum atomic E-state index is 1.37. The van der Waals surface area contributed by atoms with E-state index in [9.17, 15) is 0 Å². The second-order valence-corrected chi connectivity index (χ2v) is 20.9. The zero-order chi connectivity index (χ0) is 43.4. The lowest BCUT2D eigenvalue weighted by Gasteiger charge is -2.39. The van der Waals surface area contributed by atoms with Gasteiger partial charge in [-0.3, -0.25) is 0 Å². The molecule has 1 heteroatoms. The van der Waals surface area contributed by atoms with Crippen molar-refractivity contribution in [2.45, 2.75) is 355 Å². The van der Waals surface area contributed by atoms with Crippen LogP contribution in [-0.2, 0) is 0 Å². The summed E-state index contributed by atoms with van der Waals surface area (Å²) in [5.41, 5.74) is 0. The van der Waals surface area contributed by atoms with Crippen LogP contribution >= 0.6 is 0 Å². The Hall–Kier alpha value is -0.0400. The molecule has 362 valence electrons. The van der Waals surface area contributed by atoms with Gasteiger partial charge in [0.05, 0.1) is 26.2 Å². The SMILES string of the molecule is CCCCCCCCCCCCCCCCCC[N+](CCCCC)(CCCCCCCCCCCCCCCCCC)CCCCCCCCCCCCCCCCCC. The predicted octanol–water partition coefficient (Wildman–Crippen LogP) is 21.8. The van der Waals surface area contributed by atoms with Crippen LogP contribution < -0.4 is 0 Å². The molecule has 0 aliphatic carbocycles. The molecule has 1 nitrogen and oxygen atoms in total. The van der Waals surface area contributed by atoms with Gasteiger partial charge in [0, 0.05) is 0 Å². The molecule has 0 saturated carbocycles. The summed E-state index contributed by atoms with van der Waals surface area (Å²) in [6.07, 6.45) is 75.2. The number of hydrogen-bond donors (Lipinski definition) is 0. The summed E-state index contributed by atoms with van der Waals surface area (Å²) < 4.78 is 1.48. The van der Waals surface area contributed by atoms with Crippen LogP contribution in [0.1, 0.15) is 355 Å². The monoisotopic (exact) mass is 845 g/mol. The van der Waals surface area contributed by atoms with Crippen LogP contribution in [0.15, 0.2) is 0 Å². The zero-order valence-corrected chi connectivity index (χ0v) is 43.3. The van der Waals surface area contributed by atoms with Crippen LogP contribution in [0.2, 0.25) is 0 Å². The molecule has 0 fully saturated rings. The Morgan fingerprint density at radius 1 is 0.133 bits per heavy atom. The molecule has 0 N–H and O–H groups in total. The molecule has 60 heavy (non-hydrogen) atoms. The molecule has 0 aliphatic rings. The van der Waals surface area contributed by atoms with E-state index >= 15 is 0 Å². The number of hydrogen-bond acceptors (Lipinski definition) is 0. The first kappa shape index (κ1) is 60.0. The second-order valence-electron chi connectivity index (χ2n) is 20.9. The number of quaternary nitrogens is 1. The minimum absolute atomic E-state index is 1.37. The maximum Gasteiger partial charge on any atom is 0.0786 e. The van der Waals surface area contributed by atoms with E-state index in [0.717, 1.165) is 0 Å². The average molecular weight is 846 g/mol. The summed E-state index contributed by atoms with van der Waals surface area (Å²) in [4.78, 5) is 0. The maximum absolute atomic E-state index is 2.41. The van der Waals surface area contributed by atoms with Gasteiger partial charge in [-0.15, -0.1) is 0 Å². The smallest absolute Gasteiger partial charge is 0.0786 e. The van der Waals surface area contributed by atoms with Gasteiger partial charge in [-0.25, -0.2) is 0 Å². The third-order valence-electron chi connectivity index (χ3n) is 14.7. The van der Waals surface area contributed by atoms with E-state index in [2.05, 4.69) is 27.7 Å². The second kappa shape index (κ2) is 53.3. The Labute approximate surface area is 384 Å². The summed E-state index contributed by atoms with van der Waals surface area (Å²) in [6.45, 7) is 15.3. The van der Waals surface area contributed by atoms with Crippen molar-refractivity contribution in [3.05, 3.63) is 0 Å². The Balaban J connectivity index is 4.49. The van der Waals surface area contributed by atoms with E-state index in [1.807, 2.05) is 0 Å². The molecule has 0 rings (SSSR count).